The van der Waals surface area contributed by atoms with E-state index in [2.05, 4.69) is 5.32 Å². The van der Waals surface area contributed by atoms with Crippen molar-refractivity contribution in [2.45, 2.75) is 6.92 Å². The third-order valence-electron chi connectivity index (χ3n) is 5.17. The number of nitrogens with zero attached hydrogens (tertiary/aromatic N) is 1. The first-order valence-corrected chi connectivity index (χ1v) is 10.5. The number of anilines is 1. The number of rotatable bonds is 5. The van der Waals surface area contributed by atoms with Crippen LogP contribution in [0, 0.1) is 6.92 Å². The molecule has 1 N–H and O–H groups in total. The zero-order valence-electron chi connectivity index (χ0n) is 17.3. The van der Waals surface area contributed by atoms with Gasteiger partial charge in [0, 0.05) is 21.7 Å². The van der Waals surface area contributed by atoms with Gasteiger partial charge in [-0.2, -0.15) is 0 Å². The van der Waals surface area contributed by atoms with Crippen LogP contribution in [0.1, 0.15) is 5.56 Å². The molecule has 158 valence electrons. The van der Waals surface area contributed by atoms with Crippen molar-refractivity contribution in [2.24, 2.45) is 0 Å². The van der Waals surface area contributed by atoms with E-state index >= 15 is 0 Å². The fourth-order valence-corrected chi connectivity index (χ4v) is 3.86. The number of hydrogen-bond acceptors (Lipinski definition) is 4. The summed E-state index contributed by atoms with van der Waals surface area (Å²) in [4.78, 5) is 17.1. The number of halogens is 1. The van der Waals surface area contributed by atoms with Crippen molar-refractivity contribution in [3.63, 3.8) is 0 Å². The lowest BCUT2D eigenvalue weighted by molar-refractivity contribution is -0.118. The van der Waals surface area contributed by atoms with Crippen molar-refractivity contribution >= 4 is 45.1 Å². The van der Waals surface area contributed by atoms with Crippen molar-refractivity contribution in [3.05, 3.63) is 89.4 Å². The van der Waals surface area contributed by atoms with Crippen LogP contribution in [0.2, 0.25) is 5.02 Å². The standard InChI is InChI=1S/C26H19ClN2O3/c1-16-13-19(27)10-12-22(16)31-15-24(30)28-20-7-4-6-18(14-20)26-29-25-21-8-3-2-5-17(21)9-11-23(25)32-26/h2-14H,15H2,1H3,(H,28,30). The molecule has 0 aliphatic rings. The number of aryl methyl sites for hydroxylation is 1. The normalized spacial score (nSPS) is 11.1. The lowest BCUT2D eigenvalue weighted by atomic mass is 10.1. The van der Waals surface area contributed by atoms with Crippen molar-refractivity contribution in [1.29, 1.82) is 0 Å². The first-order valence-electron chi connectivity index (χ1n) is 10.1. The number of fused-ring (bicyclic) bond motifs is 3. The summed E-state index contributed by atoms with van der Waals surface area (Å²) in [6.45, 7) is 1.77. The molecular weight excluding hydrogens is 424 g/mol. The molecule has 0 fully saturated rings. The van der Waals surface area contributed by atoms with E-state index in [0.717, 1.165) is 33.0 Å². The van der Waals surface area contributed by atoms with E-state index in [1.165, 1.54) is 0 Å². The maximum absolute atomic E-state index is 12.4. The molecule has 5 rings (SSSR count). The zero-order valence-corrected chi connectivity index (χ0v) is 18.0. The fourth-order valence-electron chi connectivity index (χ4n) is 3.63. The predicted octanol–water partition coefficient (Wildman–Crippen LogP) is 6.63. The molecule has 1 aromatic heterocycles. The molecular formula is C26H19ClN2O3. The van der Waals surface area contributed by atoms with E-state index in [9.17, 15) is 4.79 Å². The Labute approximate surface area is 189 Å². The van der Waals surface area contributed by atoms with Crippen molar-refractivity contribution in [1.82, 2.24) is 4.98 Å². The molecule has 0 radical (unpaired) electrons. The maximum atomic E-state index is 12.4. The van der Waals surface area contributed by atoms with E-state index in [0.29, 0.717) is 22.4 Å². The molecule has 6 heteroatoms. The molecule has 0 aliphatic carbocycles. The number of oxazole rings is 1. The van der Waals surface area contributed by atoms with E-state index in [4.69, 9.17) is 25.7 Å². The second kappa shape index (κ2) is 8.36. The number of nitrogens with one attached hydrogen (secondary N) is 1. The largest absolute Gasteiger partial charge is 0.483 e. The quantitative estimate of drug-likeness (QED) is 0.332. The number of carbonyl (C=O) groups excluding carboxylic acids is 1. The van der Waals surface area contributed by atoms with Crippen molar-refractivity contribution in [2.75, 3.05) is 11.9 Å². The van der Waals surface area contributed by atoms with Gasteiger partial charge in [-0.3, -0.25) is 4.79 Å². The Kier molecular flexibility index (Phi) is 5.25. The lowest BCUT2D eigenvalue weighted by Gasteiger charge is -2.10. The highest BCUT2D eigenvalue weighted by Crippen LogP contribution is 2.30. The smallest absolute Gasteiger partial charge is 0.262 e. The average Bonchev–Trinajstić information content (AvgIpc) is 3.24. The van der Waals surface area contributed by atoms with E-state index < -0.39 is 0 Å². The molecule has 1 amide bonds. The van der Waals surface area contributed by atoms with Gasteiger partial charge in [0.2, 0.25) is 5.89 Å². The van der Waals surface area contributed by atoms with Gasteiger partial charge in [0.15, 0.2) is 12.2 Å². The summed E-state index contributed by atoms with van der Waals surface area (Å²) in [5, 5.41) is 5.63. The topological polar surface area (TPSA) is 64.4 Å². The van der Waals surface area contributed by atoms with Gasteiger partial charge >= 0.3 is 0 Å². The SMILES string of the molecule is Cc1cc(Cl)ccc1OCC(=O)Nc1cccc(-c2nc3c(ccc4ccccc43)o2)c1. The Morgan fingerprint density at radius 3 is 2.78 bits per heavy atom. The van der Waals surface area contributed by atoms with Crippen molar-refractivity contribution < 1.29 is 13.9 Å². The van der Waals surface area contributed by atoms with Gasteiger partial charge in [-0.05, 0) is 60.3 Å². The molecule has 0 aliphatic heterocycles. The zero-order chi connectivity index (χ0) is 22.1. The molecule has 4 aromatic carbocycles. The number of aromatic nitrogens is 1. The summed E-state index contributed by atoms with van der Waals surface area (Å²) in [6, 6.07) is 24.7. The Balaban J connectivity index is 1.34. The van der Waals surface area contributed by atoms with Gasteiger partial charge in [0.25, 0.3) is 5.91 Å². The summed E-state index contributed by atoms with van der Waals surface area (Å²) in [5.74, 6) is 0.859. The van der Waals surface area contributed by atoms with Crippen LogP contribution in [0.15, 0.2) is 83.3 Å². The van der Waals surface area contributed by atoms with Gasteiger partial charge in [-0.25, -0.2) is 4.98 Å². The number of ether oxygens (including phenoxy) is 1. The highest BCUT2D eigenvalue weighted by molar-refractivity contribution is 6.30. The Morgan fingerprint density at radius 1 is 1.03 bits per heavy atom. The van der Waals surface area contributed by atoms with Crippen LogP contribution in [0.3, 0.4) is 0 Å². The van der Waals surface area contributed by atoms with Crippen molar-refractivity contribution in [3.8, 4) is 17.2 Å². The van der Waals surface area contributed by atoms with Gasteiger partial charge in [-0.1, -0.05) is 48.0 Å². The summed E-state index contributed by atoms with van der Waals surface area (Å²) < 4.78 is 11.6. The second-order valence-electron chi connectivity index (χ2n) is 7.48. The van der Waals surface area contributed by atoms with E-state index in [1.807, 2.05) is 67.6 Å². The molecule has 1 heterocycles. The van der Waals surface area contributed by atoms with E-state index in [1.54, 1.807) is 18.2 Å². The van der Waals surface area contributed by atoms with Crippen LogP contribution in [0.25, 0.3) is 33.3 Å². The van der Waals surface area contributed by atoms with Gasteiger partial charge in [0.05, 0.1) is 0 Å². The highest BCUT2D eigenvalue weighted by Gasteiger charge is 2.12. The lowest BCUT2D eigenvalue weighted by Crippen LogP contribution is -2.20. The van der Waals surface area contributed by atoms with Gasteiger partial charge in [-0.15, -0.1) is 0 Å². The molecule has 5 aromatic rings. The monoisotopic (exact) mass is 442 g/mol. The van der Waals surface area contributed by atoms with E-state index in [-0.39, 0.29) is 12.5 Å². The van der Waals surface area contributed by atoms with Crippen LogP contribution in [-0.4, -0.2) is 17.5 Å². The molecule has 0 unspecified atom stereocenters. The van der Waals surface area contributed by atoms with Crippen LogP contribution < -0.4 is 10.1 Å². The number of carbonyl (C=O) groups is 1. The van der Waals surface area contributed by atoms with Crippen LogP contribution in [0.4, 0.5) is 5.69 Å². The third-order valence-corrected chi connectivity index (χ3v) is 5.41. The summed E-state index contributed by atoms with van der Waals surface area (Å²) in [5.41, 5.74) is 3.82. The predicted molar refractivity (Wildman–Crippen MR) is 127 cm³/mol. The molecule has 0 saturated carbocycles. The Hall–Kier alpha value is -3.83. The van der Waals surface area contributed by atoms with Crippen LogP contribution in [-0.2, 0) is 4.79 Å². The first kappa shape index (κ1) is 20.1. The maximum Gasteiger partial charge on any atom is 0.262 e. The fraction of sp³-hybridized carbons (Fsp3) is 0.0769. The first-order chi connectivity index (χ1) is 15.6. The van der Waals surface area contributed by atoms with Gasteiger partial charge < -0.3 is 14.5 Å². The summed E-state index contributed by atoms with van der Waals surface area (Å²) in [6.07, 6.45) is 0. The Bertz CT molecular complexity index is 1460. The molecule has 32 heavy (non-hydrogen) atoms. The minimum atomic E-state index is -0.264. The summed E-state index contributed by atoms with van der Waals surface area (Å²) in [7, 11) is 0. The summed E-state index contributed by atoms with van der Waals surface area (Å²) >= 11 is 5.96. The molecule has 0 saturated heterocycles. The highest BCUT2D eigenvalue weighted by atomic mass is 35.5. The number of benzene rings is 4. The van der Waals surface area contributed by atoms with Crippen LogP contribution >= 0.6 is 11.6 Å². The minimum Gasteiger partial charge on any atom is -0.483 e. The molecule has 0 spiro atoms. The minimum absolute atomic E-state index is 0.110. The number of amides is 1. The average molecular weight is 443 g/mol. The molecule has 0 atom stereocenters. The molecule has 5 nitrogen and oxygen atoms in total. The number of hydrogen-bond donors (Lipinski definition) is 1. The third kappa shape index (κ3) is 4.03. The van der Waals surface area contributed by atoms with Crippen LogP contribution in [0.5, 0.6) is 5.75 Å². The Morgan fingerprint density at radius 2 is 1.91 bits per heavy atom. The second-order valence-corrected chi connectivity index (χ2v) is 7.92. The molecule has 0 bridgehead atoms. The van der Waals surface area contributed by atoms with Gasteiger partial charge in [0.1, 0.15) is 11.3 Å².